The maximum absolute atomic E-state index is 12.6. The number of H-pyrrole nitrogens is 2. The van der Waals surface area contributed by atoms with Gasteiger partial charge in [0.15, 0.2) is 0 Å². The topological polar surface area (TPSA) is 65.7 Å². The first-order valence-corrected chi connectivity index (χ1v) is 12.4. The number of nitrogens with one attached hydrogen (secondary N) is 2. The lowest BCUT2D eigenvalue weighted by atomic mass is 9.70. The van der Waals surface area contributed by atoms with Crippen LogP contribution in [-0.4, -0.2) is 9.97 Å². The molecule has 0 aliphatic heterocycles. The third-order valence-corrected chi connectivity index (χ3v) is 8.07. The maximum Gasteiger partial charge on any atom is 0.326 e. The molecule has 5 aromatic carbocycles. The molecule has 4 heteroatoms. The molecule has 0 atom stereocenters. The highest BCUT2D eigenvalue weighted by atomic mass is 16.2. The van der Waals surface area contributed by atoms with Gasteiger partial charge in [0.1, 0.15) is 0 Å². The molecule has 1 aromatic heterocycles. The van der Waals surface area contributed by atoms with E-state index in [0.29, 0.717) is 10.9 Å². The molecule has 2 N–H and O–H groups in total. The second-order valence-corrected chi connectivity index (χ2v) is 9.78. The molecule has 1 heterocycles. The average molecular weight is 477 g/mol. The molecule has 0 fully saturated rings. The fourth-order valence-electron chi connectivity index (χ4n) is 6.72. The van der Waals surface area contributed by atoms with Crippen LogP contribution >= 0.6 is 0 Å². The molecular weight excluding hydrogens is 456 g/mol. The normalized spacial score (nSPS) is 13.8. The zero-order chi connectivity index (χ0) is 24.7. The first-order chi connectivity index (χ1) is 18.2. The number of fused-ring (bicyclic) bond motifs is 11. The van der Waals surface area contributed by atoms with E-state index >= 15 is 0 Å². The zero-order valence-electron chi connectivity index (χ0n) is 19.7. The standard InChI is InChI=1S/C33H20N2O2/c36-31-24-18-19(16-17-29(24)34-32(37)35-31)20-11-7-15-28-30(20)23-10-3-6-14-27(23)33(28)25-12-4-1-8-21(25)22-9-2-5-13-26(22)33/h1-18H,(H2,34,35,36,37). The number of rotatable bonds is 1. The monoisotopic (exact) mass is 476 g/mol. The van der Waals surface area contributed by atoms with Crippen LogP contribution in [0.5, 0.6) is 0 Å². The lowest BCUT2D eigenvalue weighted by molar-refractivity contribution is 0.794. The highest BCUT2D eigenvalue weighted by Crippen LogP contribution is 2.63. The van der Waals surface area contributed by atoms with Gasteiger partial charge in [-0.15, -0.1) is 0 Å². The molecule has 6 aromatic rings. The highest BCUT2D eigenvalue weighted by Gasteiger charge is 2.51. The average Bonchev–Trinajstić information content (AvgIpc) is 3.40. The Morgan fingerprint density at radius 3 is 1.78 bits per heavy atom. The summed E-state index contributed by atoms with van der Waals surface area (Å²) in [5.74, 6) is 0. The van der Waals surface area contributed by atoms with Crippen LogP contribution in [0.25, 0.3) is 44.3 Å². The van der Waals surface area contributed by atoms with Crippen LogP contribution in [0.3, 0.4) is 0 Å². The van der Waals surface area contributed by atoms with Gasteiger partial charge in [-0.05, 0) is 67.8 Å². The minimum Gasteiger partial charge on any atom is -0.307 e. The number of aromatic nitrogens is 2. The van der Waals surface area contributed by atoms with Crippen molar-refractivity contribution in [3.8, 4) is 33.4 Å². The van der Waals surface area contributed by atoms with Gasteiger partial charge in [-0.2, -0.15) is 0 Å². The van der Waals surface area contributed by atoms with Gasteiger partial charge < -0.3 is 4.98 Å². The number of hydrogen-bond donors (Lipinski definition) is 2. The van der Waals surface area contributed by atoms with E-state index in [1.165, 1.54) is 44.5 Å². The van der Waals surface area contributed by atoms with Gasteiger partial charge in [0, 0.05) is 0 Å². The van der Waals surface area contributed by atoms with Crippen LogP contribution in [0.4, 0.5) is 0 Å². The lowest BCUT2D eigenvalue weighted by Gasteiger charge is -2.30. The Hall–Kier alpha value is -4.96. The Morgan fingerprint density at radius 1 is 0.514 bits per heavy atom. The van der Waals surface area contributed by atoms with Crippen molar-refractivity contribution < 1.29 is 0 Å². The quantitative estimate of drug-likeness (QED) is 0.295. The Kier molecular flexibility index (Phi) is 3.86. The Bertz CT molecular complexity index is 2000. The van der Waals surface area contributed by atoms with Crippen LogP contribution < -0.4 is 11.2 Å². The largest absolute Gasteiger partial charge is 0.326 e. The highest BCUT2D eigenvalue weighted by molar-refractivity contribution is 6.00. The van der Waals surface area contributed by atoms with E-state index in [2.05, 4.69) is 101 Å². The molecule has 0 bridgehead atoms. The summed E-state index contributed by atoms with van der Waals surface area (Å²) in [4.78, 5) is 29.5. The number of aromatic amines is 2. The molecule has 0 unspecified atom stereocenters. The van der Waals surface area contributed by atoms with Gasteiger partial charge in [0.2, 0.25) is 0 Å². The van der Waals surface area contributed by atoms with E-state index in [9.17, 15) is 9.59 Å². The molecule has 0 radical (unpaired) electrons. The summed E-state index contributed by atoms with van der Waals surface area (Å²) in [7, 11) is 0. The first-order valence-electron chi connectivity index (χ1n) is 12.4. The molecule has 174 valence electrons. The minimum absolute atomic E-state index is 0.385. The van der Waals surface area contributed by atoms with Gasteiger partial charge >= 0.3 is 5.69 Å². The molecule has 2 aliphatic carbocycles. The minimum atomic E-state index is -0.500. The molecule has 2 aliphatic rings. The van der Waals surface area contributed by atoms with Gasteiger partial charge in [-0.25, -0.2) is 4.79 Å². The molecule has 0 saturated heterocycles. The van der Waals surface area contributed by atoms with Crippen molar-refractivity contribution in [3.05, 3.63) is 152 Å². The number of benzene rings is 5. The Balaban J connectivity index is 1.50. The van der Waals surface area contributed by atoms with Crippen molar-refractivity contribution in [2.45, 2.75) is 5.41 Å². The maximum atomic E-state index is 12.6. The van der Waals surface area contributed by atoms with Gasteiger partial charge in [0.25, 0.3) is 5.56 Å². The Morgan fingerprint density at radius 2 is 1.08 bits per heavy atom. The summed E-state index contributed by atoms with van der Waals surface area (Å²) >= 11 is 0. The van der Waals surface area contributed by atoms with E-state index in [1.807, 2.05) is 18.2 Å². The van der Waals surface area contributed by atoms with Crippen molar-refractivity contribution in [2.75, 3.05) is 0 Å². The van der Waals surface area contributed by atoms with Crippen LogP contribution in [0, 0.1) is 0 Å². The summed E-state index contributed by atoms with van der Waals surface area (Å²) in [6.45, 7) is 0. The van der Waals surface area contributed by atoms with E-state index in [0.717, 1.165) is 11.1 Å². The molecule has 37 heavy (non-hydrogen) atoms. The zero-order valence-corrected chi connectivity index (χ0v) is 19.7. The van der Waals surface area contributed by atoms with Gasteiger partial charge in [-0.3, -0.25) is 9.78 Å². The molecular formula is C33H20N2O2. The fourth-order valence-corrected chi connectivity index (χ4v) is 6.72. The van der Waals surface area contributed by atoms with Crippen molar-refractivity contribution >= 4 is 10.9 Å². The molecule has 8 rings (SSSR count). The predicted molar refractivity (Wildman–Crippen MR) is 147 cm³/mol. The molecule has 1 spiro atoms. The summed E-state index contributed by atoms with van der Waals surface area (Å²) in [5, 5.41) is 0.465. The predicted octanol–water partition coefficient (Wildman–Crippen LogP) is 6.23. The van der Waals surface area contributed by atoms with Crippen LogP contribution in [-0.2, 0) is 5.41 Å². The fraction of sp³-hybridized carbons (Fsp3) is 0.0303. The van der Waals surface area contributed by atoms with Crippen LogP contribution in [0.1, 0.15) is 22.3 Å². The first kappa shape index (κ1) is 20.3. The van der Waals surface area contributed by atoms with Gasteiger partial charge in [-0.1, -0.05) is 97.1 Å². The third-order valence-electron chi connectivity index (χ3n) is 8.07. The lowest BCUT2D eigenvalue weighted by Crippen LogP contribution is -2.25. The van der Waals surface area contributed by atoms with E-state index in [1.54, 1.807) is 0 Å². The smallest absolute Gasteiger partial charge is 0.307 e. The van der Waals surface area contributed by atoms with E-state index < -0.39 is 11.1 Å². The summed E-state index contributed by atoms with van der Waals surface area (Å²) in [6.07, 6.45) is 0. The van der Waals surface area contributed by atoms with Crippen LogP contribution in [0.2, 0.25) is 0 Å². The van der Waals surface area contributed by atoms with Crippen molar-refractivity contribution in [1.82, 2.24) is 9.97 Å². The van der Waals surface area contributed by atoms with E-state index in [4.69, 9.17) is 0 Å². The van der Waals surface area contributed by atoms with E-state index in [-0.39, 0.29) is 5.56 Å². The molecule has 0 saturated carbocycles. The summed E-state index contributed by atoms with van der Waals surface area (Å²) in [5.41, 5.74) is 11.3. The van der Waals surface area contributed by atoms with Crippen molar-refractivity contribution in [2.24, 2.45) is 0 Å². The SMILES string of the molecule is O=c1[nH]c(=O)c2cc(-c3cccc4c3-c3ccccc3C43c4ccccc4-c4ccccc43)ccc2[nH]1. The van der Waals surface area contributed by atoms with Crippen LogP contribution in [0.15, 0.2) is 119 Å². The Labute approximate surface area is 211 Å². The van der Waals surface area contributed by atoms with Gasteiger partial charge in [0.05, 0.1) is 16.3 Å². The molecule has 0 amide bonds. The second kappa shape index (κ2) is 7.05. The second-order valence-electron chi connectivity index (χ2n) is 9.78. The molecule has 4 nitrogen and oxygen atoms in total. The number of hydrogen-bond acceptors (Lipinski definition) is 2. The summed E-state index contributed by atoms with van der Waals surface area (Å²) < 4.78 is 0. The third kappa shape index (κ3) is 2.47. The summed E-state index contributed by atoms with van der Waals surface area (Å²) in [6, 6.07) is 38.3. The van der Waals surface area contributed by atoms with Crippen molar-refractivity contribution in [3.63, 3.8) is 0 Å². The van der Waals surface area contributed by atoms with Crippen molar-refractivity contribution in [1.29, 1.82) is 0 Å².